The number of ether oxygens (including phenoxy) is 2. The summed E-state index contributed by atoms with van der Waals surface area (Å²) in [6.07, 6.45) is 0. The smallest absolute Gasteiger partial charge is 0.258 e. The second-order valence-electron chi connectivity index (χ2n) is 4.77. The molecular formula is C17H18INO3. The molecule has 0 unspecified atom stereocenters. The summed E-state index contributed by atoms with van der Waals surface area (Å²) in [6, 6.07) is 15.5. The molecule has 0 aromatic heterocycles. The van der Waals surface area contributed by atoms with Crippen molar-refractivity contribution in [3.8, 4) is 5.75 Å². The van der Waals surface area contributed by atoms with E-state index in [1.165, 1.54) is 0 Å². The van der Waals surface area contributed by atoms with Crippen LogP contribution in [0.2, 0.25) is 0 Å². The molecular weight excluding hydrogens is 393 g/mol. The second kappa shape index (κ2) is 8.75. The van der Waals surface area contributed by atoms with Crippen molar-refractivity contribution < 1.29 is 14.3 Å². The van der Waals surface area contributed by atoms with Gasteiger partial charge in [0.15, 0.2) is 6.61 Å². The summed E-state index contributed by atoms with van der Waals surface area (Å²) in [5.41, 5.74) is 2.13. The van der Waals surface area contributed by atoms with Gasteiger partial charge in [-0.2, -0.15) is 0 Å². The third-order valence-electron chi connectivity index (χ3n) is 2.98. The largest absolute Gasteiger partial charge is 0.484 e. The Morgan fingerprint density at radius 1 is 1.14 bits per heavy atom. The molecule has 1 N–H and O–H groups in total. The second-order valence-corrected chi connectivity index (χ2v) is 6.02. The van der Waals surface area contributed by atoms with Gasteiger partial charge in [-0.1, -0.05) is 24.3 Å². The average Bonchev–Trinajstić information content (AvgIpc) is 2.53. The van der Waals surface area contributed by atoms with Crippen molar-refractivity contribution in [1.82, 2.24) is 5.32 Å². The number of nitrogens with one attached hydrogen (secondary N) is 1. The van der Waals surface area contributed by atoms with Crippen molar-refractivity contribution in [2.75, 3.05) is 13.7 Å². The number of halogens is 1. The highest BCUT2D eigenvalue weighted by molar-refractivity contribution is 14.1. The number of rotatable bonds is 7. The predicted molar refractivity (Wildman–Crippen MR) is 93.7 cm³/mol. The fraction of sp³-hybridized carbons (Fsp3) is 0.235. The van der Waals surface area contributed by atoms with Gasteiger partial charge >= 0.3 is 0 Å². The minimum atomic E-state index is -0.143. The summed E-state index contributed by atoms with van der Waals surface area (Å²) < 4.78 is 11.7. The Bertz CT molecular complexity index is 614. The molecule has 0 saturated heterocycles. The van der Waals surface area contributed by atoms with Crippen molar-refractivity contribution in [3.63, 3.8) is 0 Å². The van der Waals surface area contributed by atoms with Gasteiger partial charge in [0.25, 0.3) is 5.91 Å². The molecule has 1 amide bonds. The first-order chi connectivity index (χ1) is 10.7. The maximum absolute atomic E-state index is 11.8. The van der Waals surface area contributed by atoms with E-state index in [-0.39, 0.29) is 12.5 Å². The first-order valence-corrected chi connectivity index (χ1v) is 7.97. The van der Waals surface area contributed by atoms with Gasteiger partial charge in [0.05, 0.1) is 6.61 Å². The zero-order chi connectivity index (χ0) is 15.8. The van der Waals surface area contributed by atoms with Crippen molar-refractivity contribution >= 4 is 28.5 Å². The van der Waals surface area contributed by atoms with Crippen LogP contribution in [0.5, 0.6) is 5.75 Å². The quantitative estimate of drug-likeness (QED) is 0.713. The Kier molecular flexibility index (Phi) is 6.67. The lowest BCUT2D eigenvalue weighted by Gasteiger charge is -2.08. The fourth-order valence-corrected chi connectivity index (χ4v) is 2.29. The summed E-state index contributed by atoms with van der Waals surface area (Å²) >= 11 is 2.22. The summed E-state index contributed by atoms with van der Waals surface area (Å²) in [7, 11) is 1.66. The van der Waals surface area contributed by atoms with Gasteiger partial charge in [-0.25, -0.2) is 0 Å². The molecule has 5 heteroatoms. The van der Waals surface area contributed by atoms with Gasteiger partial charge in [0, 0.05) is 17.2 Å². The third-order valence-corrected chi connectivity index (χ3v) is 3.69. The molecule has 0 aliphatic carbocycles. The lowest BCUT2D eigenvalue weighted by Crippen LogP contribution is -2.28. The van der Waals surface area contributed by atoms with Crippen LogP contribution in [0.25, 0.3) is 0 Å². The normalized spacial score (nSPS) is 10.3. The SMILES string of the molecule is COCc1cccc(CNC(=O)COc2ccc(I)cc2)c1. The first-order valence-electron chi connectivity index (χ1n) is 6.89. The summed E-state index contributed by atoms with van der Waals surface area (Å²) in [5.74, 6) is 0.549. The van der Waals surface area contributed by atoms with Crippen LogP contribution in [-0.2, 0) is 22.7 Å². The van der Waals surface area contributed by atoms with Crippen LogP contribution >= 0.6 is 22.6 Å². The van der Waals surface area contributed by atoms with Crippen LogP contribution in [0, 0.1) is 3.57 Å². The molecule has 0 radical (unpaired) electrons. The van der Waals surface area contributed by atoms with Crippen molar-refractivity contribution in [1.29, 1.82) is 0 Å². The Labute approximate surface area is 144 Å². The molecule has 0 saturated carbocycles. The minimum Gasteiger partial charge on any atom is -0.484 e. The van der Waals surface area contributed by atoms with E-state index in [1.807, 2.05) is 48.5 Å². The number of hydrogen-bond acceptors (Lipinski definition) is 3. The summed E-state index contributed by atoms with van der Waals surface area (Å²) in [5, 5.41) is 2.84. The van der Waals surface area contributed by atoms with Crippen molar-refractivity contribution in [2.24, 2.45) is 0 Å². The monoisotopic (exact) mass is 411 g/mol. The Balaban J connectivity index is 1.77. The maximum Gasteiger partial charge on any atom is 0.258 e. The van der Waals surface area contributed by atoms with Crippen LogP contribution in [0.15, 0.2) is 48.5 Å². The van der Waals surface area contributed by atoms with Gasteiger partial charge in [-0.05, 0) is 58.0 Å². The van der Waals surface area contributed by atoms with E-state index < -0.39 is 0 Å². The van der Waals surface area contributed by atoms with E-state index in [2.05, 4.69) is 27.9 Å². The molecule has 4 nitrogen and oxygen atoms in total. The van der Waals surface area contributed by atoms with Crippen LogP contribution in [0.1, 0.15) is 11.1 Å². The highest BCUT2D eigenvalue weighted by Crippen LogP contribution is 2.13. The van der Waals surface area contributed by atoms with E-state index in [0.717, 1.165) is 14.7 Å². The van der Waals surface area contributed by atoms with Crippen LogP contribution in [0.3, 0.4) is 0 Å². The van der Waals surface area contributed by atoms with Gasteiger partial charge in [0.1, 0.15) is 5.75 Å². The Morgan fingerprint density at radius 3 is 2.59 bits per heavy atom. The topological polar surface area (TPSA) is 47.6 Å². The van der Waals surface area contributed by atoms with E-state index >= 15 is 0 Å². The molecule has 116 valence electrons. The average molecular weight is 411 g/mol. The number of hydrogen-bond donors (Lipinski definition) is 1. The zero-order valence-corrected chi connectivity index (χ0v) is 14.5. The Morgan fingerprint density at radius 2 is 1.86 bits per heavy atom. The third kappa shape index (κ3) is 5.65. The van der Waals surface area contributed by atoms with Crippen LogP contribution < -0.4 is 10.1 Å². The lowest BCUT2D eigenvalue weighted by molar-refractivity contribution is -0.123. The number of carbonyl (C=O) groups is 1. The molecule has 0 spiro atoms. The predicted octanol–water partition coefficient (Wildman–Crippen LogP) is 3.13. The minimum absolute atomic E-state index is 0.0123. The van der Waals surface area contributed by atoms with Crippen molar-refractivity contribution in [3.05, 3.63) is 63.2 Å². The van der Waals surface area contributed by atoms with Gasteiger partial charge in [0.2, 0.25) is 0 Å². The van der Waals surface area contributed by atoms with Gasteiger partial charge < -0.3 is 14.8 Å². The van der Waals surface area contributed by atoms with E-state index in [1.54, 1.807) is 7.11 Å². The molecule has 0 atom stereocenters. The van der Waals surface area contributed by atoms with Crippen LogP contribution in [0.4, 0.5) is 0 Å². The molecule has 0 fully saturated rings. The standard InChI is InChI=1S/C17H18INO3/c1-21-11-14-4-2-3-13(9-14)10-19-17(20)12-22-16-7-5-15(18)6-8-16/h2-9H,10-12H2,1H3,(H,19,20). The lowest BCUT2D eigenvalue weighted by atomic mass is 10.1. The van der Waals surface area contributed by atoms with E-state index in [9.17, 15) is 4.79 Å². The highest BCUT2D eigenvalue weighted by Gasteiger charge is 2.03. The number of carbonyl (C=O) groups excluding carboxylic acids is 1. The molecule has 22 heavy (non-hydrogen) atoms. The molecule has 2 rings (SSSR count). The highest BCUT2D eigenvalue weighted by atomic mass is 127. The van der Waals surface area contributed by atoms with Gasteiger partial charge in [-0.3, -0.25) is 4.79 Å². The van der Waals surface area contributed by atoms with E-state index in [4.69, 9.17) is 9.47 Å². The molecule has 2 aromatic carbocycles. The van der Waals surface area contributed by atoms with E-state index in [0.29, 0.717) is 18.9 Å². The molecule has 0 heterocycles. The number of methoxy groups -OCH3 is 1. The molecule has 0 bridgehead atoms. The maximum atomic E-state index is 11.8. The van der Waals surface area contributed by atoms with Gasteiger partial charge in [-0.15, -0.1) is 0 Å². The fourth-order valence-electron chi connectivity index (χ4n) is 1.93. The number of benzene rings is 2. The molecule has 2 aromatic rings. The zero-order valence-electron chi connectivity index (χ0n) is 12.3. The Hall–Kier alpha value is -1.60. The number of amides is 1. The van der Waals surface area contributed by atoms with Crippen molar-refractivity contribution in [2.45, 2.75) is 13.2 Å². The molecule has 0 aliphatic rings. The first kappa shape index (κ1) is 16.8. The van der Waals surface area contributed by atoms with Crippen LogP contribution in [-0.4, -0.2) is 19.6 Å². The summed E-state index contributed by atoms with van der Waals surface area (Å²) in [4.78, 5) is 11.8. The summed E-state index contributed by atoms with van der Waals surface area (Å²) in [6.45, 7) is 1.06. The molecule has 0 aliphatic heterocycles.